The second kappa shape index (κ2) is 7.33. The minimum absolute atomic E-state index is 0.442. The van der Waals surface area contributed by atoms with E-state index in [4.69, 9.17) is 16.3 Å². The van der Waals surface area contributed by atoms with E-state index in [0.29, 0.717) is 23.6 Å². The molecule has 0 radical (unpaired) electrons. The minimum atomic E-state index is -3.67. The first kappa shape index (κ1) is 17.1. The first-order valence-electron chi connectivity index (χ1n) is 7.29. The molecule has 0 aliphatic heterocycles. The highest BCUT2D eigenvalue weighted by atomic mass is 35.5. The van der Waals surface area contributed by atoms with Crippen molar-refractivity contribution >= 4 is 33.3 Å². The molecule has 0 saturated heterocycles. The first-order valence-corrected chi connectivity index (χ1v) is 9.21. The van der Waals surface area contributed by atoms with Gasteiger partial charge >= 0.3 is 5.97 Å². The summed E-state index contributed by atoms with van der Waals surface area (Å²) in [6, 6.07) is 6.43. The van der Waals surface area contributed by atoms with Crippen molar-refractivity contribution in [2.75, 3.05) is 11.8 Å². The molecule has 0 heterocycles. The number of esters is 1. The topological polar surface area (TPSA) is 72.5 Å². The lowest BCUT2D eigenvalue weighted by Gasteiger charge is -2.23. The zero-order valence-electron chi connectivity index (χ0n) is 12.4. The van der Waals surface area contributed by atoms with Crippen LogP contribution in [-0.4, -0.2) is 26.7 Å². The van der Waals surface area contributed by atoms with Crippen molar-refractivity contribution in [2.45, 2.75) is 37.4 Å². The van der Waals surface area contributed by atoms with E-state index < -0.39 is 27.2 Å². The Labute approximate surface area is 136 Å². The summed E-state index contributed by atoms with van der Waals surface area (Å²) in [5, 5.41) is -0.233. The molecule has 0 amide bonds. The lowest BCUT2D eigenvalue weighted by Crippen LogP contribution is -2.38. The molecule has 0 bridgehead atoms. The summed E-state index contributed by atoms with van der Waals surface area (Å²) in [6.45, 7) is 0. The third-order valence-electron chi connectivity index (χ3n) is 3.96. The molecule has 0 spiro atoms. The molecule has 1 saturated carbocycles. The van der Waals surface area contributed by atoms with E-state index in [1.165, 1.54) is 7.11 Å². The van der Waals surface area contributed by atoms with E-state index in [-0.39, 0.29) is 0 Å². The van der Waals surface area contributed by atoms with E-state index in [0.717, 1.165) is 19.3 Å². The number of halogens is 1. The summed E-state index contributed by atoms with van der Waals surface area (Å²) in [5.41, 5.74) is 0.442. The lowest BCUT2D eigenvalue weighted by atomic mass is 10.0. The van der Waals surface area contributed by atoms with Gasteiger partial charge in [-0.1, -0.05) is 30.9 Å². The highest BCUT2D eigenvalue weighted by molar-refractivity contribution is 7.93. The number of hydrogen-bond donors (Lipinski definition) is 1. The van der Waals surface area contributed by atoms with Crippen molar-refractivity contribution in [2.24, 2.45) is 5.92 Å². The maximum atomic E-state index is 12.7. The number of methoxy groups -OCH3 is 1. The number of anilines is 1. The van der Waals surface area contributed by atoms with Crippen LogP contribution in [0, 0.1) is 5.92 Å². The number of benzene rings is 1. The number of nitrogens with one attached hydrogen (secondary N) is 1. The molecule has 1 aromatic carbocycles. The smallest absolute Gasteiger partial charge is 0.310 e. The fraction of sp³-hybridized carbons (Fsp3) is 0.533. The molecule has 1 fully saturated rings. The van der Waals surface area contributed by atoms with E-state index in [1.54, 1.807) is 24.3 Å². The van der Waals surface area contributed by atoms with Crippen LogP contribution in [0.2, 0.25) is 5.02 Å². The number of carbonyl (C=O) groups is 1. The zero-order chi connectivity index (χ0) is 16.2. The third-order valence-corrected chi connectivity index (χ3v) is 6.09. The fourth-order valence-electron chi connectivity index (χ4n) is 2.82. The molecule has 5 nitrogen and oxygen atoms in total. The maximum absolute atomic E-state index is 12.7. The molecule has 7 heteroatoms. The van der Waals surface area contributed by atoms with Gasteiger partial charge in [-0.15, -0.1) is 0 Å². The monoisotopic (exact) mass is 345 g/mol. The number of sulfonamides is 1. The van der Waals surface area contributed by atoms with Crippen LogP contribution in [0.1, 0.15) is 32.1 Å². The Balaban J connectivity index is 2.23. The molecular weight excluding hydrogens is 326 g/mol. The molecule has 2 atom stereocenters. The van der Waals surface area contributed by atoms with Crippen molar-refractivity contribution in [1.29, 1.82) is 0 Å². The summed E-state index contributed by atoms with van der Waals surface area (Å²) < 4.78 is 32.7. The molecule has 122 valence electrons. The molecule has 0 aromatic heterocycles. The number of rotatable bonds is 4. The van der Waals surface area contributed by atoms with Crippen LogP contribution in [0.3, 0.4) is 0 Å². The standard InChI is InChI=1S/C15H20ClNO4S/c1-21-15(18)13-5-3-2-4-6-14(13)22(19,20)17-12-9-7-11(16)8-10-12/h7-10,13-14,17H,2-6H2,1H3. The van der Waals surface area contributed by atoms with Gasteiger partial charge in [0.15, 0.2) is 0 Å². The van der Waals surface area contributed by atoms with Crippen LogP contribution < -0.4 is 4.72 Å². The Morgan fingerprint density at radius 1 is 1.18 bits per heavy atom. The predicted octanol–water partition coefficient (Wildman–Crippen LogP) is 3.20. The largest absolute Gasteiger partial charge is 0.469 e. The lowest BCUT2D eigenvalue weighted by molar-refractivity contribution is -0.145. The van der Waals surface area contributed by atoms with Crippen molar-refractivity contribution in [1.82, 2.24) is 0 Å². The molecule has 2 rings (SSSR count). The first-order chi connectivity index (χ1) is 10.4. The van der Waals surface area contributed by atoms with Crippen molar-refractivity contribution < 1.29 is 17.9 Å². The summed E-state index contributed by atoms with van der Waals surface area (Å²) in [6.07, 6.45) is 3.56. The van der Waals surface area contributed by atoms with Gasteiger partial charge in [-0.05, 0) is 37.1 Å². The van der Waals surface area contributed by atoms with Crippen LogP contribution in [0.5, 0.6) is 0 Å². The average Bonchev–Trinajstić information content (AvgIpc) is 2.75. The number of hydrogen-bond acceptors (Lipinski definition) is 4. The van der Waals surface area contributed by atoms with Gasteiger partial charge in [0.25, 0.3) is 0 Å². The summed E-state index contributed by atoms with van der Waals surface area (Å²) in [5.74, 6) is -1.06. The molecule has 1 aliphatic rings. The van der Waals surface area contributed by atoms with Crippen LogP contribution in [-0.2, 0) is 19.6 Å². The second-order valence-corrected chi connectivity index (χ2v) is 7.80. The predicted molar refractivity (Wildman–Crippen MR) is 86.4 cm³/mol. The second-order valence-electron chi connectivity index (χ2n) is 5.46. The summed E-state index contributed by atoms with van der Waals surface area (Å²) in [7, 11) is -2.38. The molecule has 2 unspecified atom stereocenters. The molecule has 1 N–H and O–H groups in total. The highest BCUT2D eigenvalue weighted by Crippen LogP contribution is 2.30. The molecule has 22 heavy (non-hydrogen) atoms. The van der Waals surface area contributed by atoms with Gasteiger partial charge in [0.2, 0.25) is 10.0 Å². The molecular formula is C15H20ClNO4S. The van der Waals surface area contributed by atoms with Gasteiger partial charge in [0.05, 0.1) is 18.3 Å². The number of carbonyl (C=O) groups excluding carboxylic acids is 1. The van der Waals surface area contributed by atoms with Crippen LogP contribution in [0.25, 0.3) is 0 Å². The van der Waals surface area contributed by atoms with Gasteiger partial charge in [0.1, 0.15) is 0 Å². The Hall–Kier alpha value is -1.27. The molecule has 1 aliphatic carbocycles. The zero-order valence-corrected chi connectivity index (χ0v) is 14.0. The average molecular weight is 346 g/mol. The Bertz CT molecular complexity index is 615. The molecule has 1 aromatic rings. The Morgan fingerprint density at radius 2 is 1.82 bits per heavy atom. The van der Waals surface area contributed by atoms with Gasteiger partial charge in [-0.25, -0.2) is 8.42 Å². The van der Waals surface area contributed by atoms with E-state index in [2.05, 4.69) is 4.72 Å². The Morgan fingerprint density at radius 3 is 2.45 bits per heavy atom. The van der Waals surface area contributed by atoms with Crippen LogP contribution in [0.15, 0.2) is 24.3 Å². The normalized spacial score (nSPS) is 22.6. The summed E-state index contributed by atoms with van der Waals surface area (Å²) in [4.78, 5) is 11.9. The maximum Gasteiger partial charge on any atom is 0.310 e. The van der Waals surface area contributed by atoms with Crippen molar-refractivity contribution in [3.8, 4) is 0 Å². The van der Waals surface area contributed by atoms with Crippen molar-refractivity contribution in [3.63, 3.8) is 0 Å². The summed E-state index contributed by atoms with van der Waals surface area (Å²) >= 11 is 5.80. The van der Waals surface area contributed by atoms with Crippen LogP contribution >= 0.6 is 11.6 Å². The fourth-order valence-corrected chi connectivity index (χ4v) is 4.72. The number of ether oxygens (including phenoxy) is 1. The minimum Gasteiger partial charge on any atom is -0.469 e. The quantitative estimate of drug-likeness (QED) is 0.671. The van der Waals surface area contributed by atoms with Gasteiger partial charge in [-0.2, -0.15) is 0 Å². The Kier molecular flexibility index (Phi) is 5.69. The van der Waals surface area contributed by atoms with E-state index >= 15 is 0 Å². The van der Waals surface area contributed by atoms with Gasteiger partial charge in [0, 0.05) is 10.7 Å². The van der Waals surface area contributed by atoms with E-state index in [9.17, 15) is 13.2 Å². The SMILES string of the molecule is COC(=O)C1CCCCCC1S(=O)(=O)Nc1ccc(Cl)cc1. The van der Waals surface area contributed by atoms with Crippen molar-refractivity contribution in [3.05, 3.63) is 29.3 Å². The van der Waals surface area contributed by atoms with Crippen LogP contribution in [0.4, 0.5) is 5.69 Å². The third kappa shape index (κ3) is 4.14. The van der Waals surface area contributed by atoms with E-state index in [1.807, 2.05) is 0 Å². The van der Waals surface area contributed by atoms with Gasteiger partial charge < -0.3 is 4.74 Å². The van der Waals surface area contributed by atoms with Gasteiger partial charge in [-0.3, -0.25) is 9.52 Å². The highest BCUT2D eigenvalue weighted by Gasteiger charge is 2.39.